The maximum Gasteiger partial charge on any atom is 0.0307 e. The van der Waals surface area contributed by atoms with Crippen LogP contribution >= 0.6 is 15.9 Å². The molecule has 0 radical (unpaired) electrons. The summed E-state index contributed by atoms with van der Waals surface area (Å²) >= 11 is 3.51. The lowest BCUT2D eigenvalue weighted by atomic mass is 10.0. The van der Waals surface area contributed by atoms with Gasteiger partial charge in [0.1, 0.15) is 0 Å². The van der Waals surface area contributed by atoms with Gasteiger partial charge in [-0.1, -0.05) is 28.1 Å². The van der Waals surface area contributed by atoms with Gasteiger partial charge in [0.15, 0.2) is 0 Å². The Morgan fingerprint density at radius 2 is 1.95 bits per heavy atom. The van der Waals surface area contributed by atoms with Gasteiger partial charge in [0.05, 0.1) is 0 Å². The van der Waals surface area contributed by atoms with E-state index in [-0.39, 0.29) is 6.04 Å². The first-order chi connectivity index (χ1) is 9.72. The first-order valence-corrected chi connectivity index (χ1v) is 8.49. The van der Waals surface area contributed by atoms with E-state index in [1.165, 1.54) is 44.6 Å². The van der Waals surface area contributed by atoms with Crippen molar-refractivity contribution in [1.29, 1.82) is 0 Å². The van der Waals surface area contributed by atoms with Crippen LogP contribution in [0.5, 0.6) is 0 Å². The zero-order valence-corrected chi connectivity index (χ0v) is 13.6. The fourth-order valence-corrected chi connectivity index (χ4v) is 3.43. The third-order valence-electron chi connectivity index (χ3n) is 4.50. The van der Waals surface area contributed by atoms with Gasteiger partial charge < -0.3 is 10.6 Å². The maximum absolute atomic E-state index is 6.31. The average molecular weight is 338 g/mol. The summed E-state index contributed by atoms with van der Waals surface area (Å²) in [6.45, 7) is 6.03. The third-order valence-corrected chi connectivity index (χ3v) is 5.00. The maximum atomic E-state index is 6.31. The van der Waals surface area contributed by atoms with Gasteiger partial charge in [-0.15, -0.1) is 0 Å². The van der Waals surface area contributed by atoms with Crippen molar-refractivity contribution in [2.45, 2.75) is 31.3 Å². The van der Waals surface area contributed by atoms with Gasteiger partial charge in [0, 0.05) is 49.3 Å². The van der Waals surface area contributed by atoms with Gasteiger partial charge in [-0.3, -0.25) is 4.90 Å². The molecule has 0 bridgehead atoms. The second kappa shape index (κ2) is 6.56. The summed E-state index contributed by atoms with van der Waals surface area (Å²) in [7, 11) is 0. The van der Waals surface area contributed by atoms with Gasteiger partial charge in [-0.25, -0.2) is 0 Å². The minimum atomic E-state index is 0.147. The topological polar surface area (TPSA) is 32.5 Å². The van der Waals surface area contributed by atoms with E-state index in [0.29, 0.717) is 0 Å². The van der Waals surface area contributed by atoms with Gasteiger partial charge in [0.25, 0.3) is 0 Å². The first kappa shape index (κ1) is 14.5. The molecule has 3 nitrogen and oxygen atoms in total. The summed E-state index contributed by atoms with van der Waals surface area (Å²) in [5.41, 5.74) is 7.54. The summed E-state index contributed by atoms with van der Waals surface area (Å²) in [5, 5.41) is 0. The van der Waals surface area contributed by atoms with E-state index in [9.17, 15) is 0 Å². The summed E-state index contributed by atoms with van der Waals surface area (Å²) in [6.07, 6.45) is 3.89. The highest BCUT2D eigenvalue weighted by atomic mass is 79.9. The lowest BCUT2D eigenvalue weighted by molar-refractivity contribution is 0.124. The lowest BCUT2D eigenvalue weighted by Crippen LogP contribution is -2.47. The van der Waals surface area contributed by atoms with Gasteiger partial charge in [0.2, 0.25) is 0 Å². The number of nitrogens with zero attached hydrogens (tertiary/aromatic N) is 2. The monoisotopic (exact) mass is 337 g/mol. The molecule has 2 N–H and O–H groups in total. The molecule has 4 heteroatoms. The summed E-state index contributed by atoms with van der Waals surface area (Å²) in [6, 6.07) is 9.44. The smallest absolute Gasteiger partial charge is 0.0307 e. The molecule has 1 atom stereocenters. The molecular weight excluding hydrogens is 314 g/mol. The molecule has 1 aromatic rings. The molecule has 110 valence electrons. The van der Waals surface area contributed by atoms with Crippen molar-refractivity contribution in [2.24, 2.45) is 5.73 Å². The molecule has 1 heterocycles. The largest absolute Gasteiger partial charge is 0.324 e. The van der Waals surface area contributed by atoms with Crippen LogP contribution in [-0.2, 0) is 0 Å². The highest BCUT2D eigenvalue weighted by molar-refractivity contribution is 9.10. The molecule has 2 fully saturated rings. The average Bonchev–Trinajstić information content (AvgIpc) is 3.30. The highest BCUT2D eigenvalue weighted by Crippen LogP contribution is 2.27. The highest BCUT2D eigenvalue weighted by Gasteiger charge is 2.31. The summed E-state index contributed by atoms with van der Waals surface area (Å²) in [5.74, 6) is 0. The number of benzene rings is 1. The van der Waals surface area contributed by atoms with E-state index in [0.717, 1.165) is 23.5 Å². The van der Waals surface area contributed by atoms with Crippen LogP contribution in [0.3, 0.4) is 0 Å². The molecule has 0 spiro atoms. The Labute approximate surface area is 130 Å². The van der Waals surface area contributed by atoms with Crippen LogP contribution in [0.15, 0.2) is 28.7 Å². The van der Waals surface area contributed by atoms with Gasteiger partial charge in [-0.05, 0) is 37.0 Å². The molecule has 20 heavy (non-hydrogen) atoms. The van der Waals surface area contributed by atoms with E-state index in [1.807, 2.05) is 6.07 Å². The van der Waals surface area contributed by atoms with E-state index in [2.05, 4.69) is 43.9 Å². The van der Waals surface area contributed by atoms with Crippen LogP contribution in [0.2, 0.25) is 0 Å². The van der Waals surface area contributed by atoms with E-state index >= 15 is 0 Å². The molecule has 0 amide bonds. The molecule has 0 aromatic heterocycles. The number of hydrogen-bond acceptors (Lipinski definition) is 3. The minimum absolute atomic E-state index is 0.147. The van der Waals surface area contributed by atoms with Gasteiger partial charge in [-0.2, -0.15) is 0 Å². The quantitative estimate of drug-likeness (QED) is 0.896. The Bertz CT molecular complexity index is 439. The number of hydrogen-bond donors (Lipinski definition) is 1. The minimum Gasteiger partial charge on any atom is -0.324 e. The molecule has 1 saturated carbocycles. The van der Waals surface area contributed by atoms with Crippen LogP contribution in [0.4, 0.5) is 0 Å². The second-order valence-corrected chi connectivity index (χ2v) is 6.97. The predicted molar refractivity (Wildman–Crippen MR) is 86.7 cm³/mol. The lowest BCUT2D eigenvalue weighted by Gasteiger charge is -2.35. The Morgan fingerprint density at radius 1 is 1.20 bits per heavy atom. The zero-order valence-electron chi connectivity index (χ0n) is 12.0. The van der Waals surface area contributed by atoms with Crippen LogP contribution in [0.1, 0.15) is 30.9 Å². The SMILES string of the molecule is NC(CCN1CCN(C2CC2)CC1)c1cccc(Br)c1. The van der Waals surface area contributed by atoms with E-state index in [1.54, 1.807) is 0 Å². The van der Waals surface area contributed by atoms with Gasteiger partial charge >= 0.3 is 0 Å². The van der Waals surface area contributed by atoms with Crippen LogP contribution in [-0.4, -0.2) is 48.6 Å². The normalized spacial score (nSPS) is 22.9. The molecule has 3 rings (SSSR count). The molecule has 1 aromatic carbocycles. The van der Waals surface area contributed by atoms with E-state index < -0.39 is 0 Å². The number of nitrogens with two attached hydrogens (primary N) is 1. The van der Waals surface area contributed by atoms with Crippen molar-refractivity contribution in [3.05, 3.63) is 34.3 Å². The summed E-state index contributed by atoms with van der Waals surface area (Å²) < 4.78 is 1.11. The molecule has 1 aliphatic heterocycles. The molecule has 1 unspecified atom stereocenters. The summed E-state index contributed by atoms with van der Waals surface area (Å²) in [4.78, 5) is 5.22. The fraction of sp³-hybridized carbons (Fsp3) is 0.625. The Kier molecular flexibility index (Phi) is 4.76. The molecule has 2 aliphatic rings. The Morgan fingerprint density at radius 3 is 2.60 bits per heavy atom. The van der Waals surface area contributed by atoms with Crippen LogP contribution in [0, 0.1) is 0 Å². The van der Waals surface area contributed by atoms with Crippen molar-refractivity contribution in [2.75, 3.05) is 32.7 Å². The van der Waals surface area contributed by atoms with Crippen molar-refractivity contribution in [3.8, 4) is 0 Å². The molecule has 1 saturated heterocycles. The number of rotatable bonds is 5. The van der Waals surface area contributed by atoms with E-state index in [4.69, 9.17) is 5.73 Å². The Hall–Kier alpha value is -0.420. The standard InChI is InChI=1S/C16H24BrN3/c17-14-3-1-2-13(12-14)16(18)6-7-19-8-10-20(11-9-19)15-4-5-15/h1-3,12,15-16H,4-11,18H2. The third kappa shape index (κ3) is 3.82. The predicted octanol–water partition coefficient (Wildman–Crippen LogP) is 2.62. The van der Waals surface area contributed by atoms with Crippen LogP contribution < -0.4 is 5.73 Å². The number of piperazine rings is 1. The van der Waals surface area contributed by atoms with Crippen molar-refractivity contribution in [1.82, 2.24) is 9.80 Å². The fourth-order valence-electron chi connectivity index (χ4n) is 3.02. The Balaban J connectivity index is 1.43. The van der Waals surface area contributed by atoms with Crippen LogP contribution in [0.25, 0.3) is 0 Å². The van der Waals surface area contributed by atoms with Crippen molar-refractivity contribution in [3.63, 3.8) is 0 Å². The zero-order chi connectivity index (χ0) is 13.9. The van der Waals surface area contributed by atoms with Crippen molar-refractivity contribution >= 4 is 15.9 Å². The second-order valence-electron chi connectivity index (χ2n) is 6.06. The van der Waals surface area contributed by atoms with Crippen molar-refractivity contribution < 1.29 is 0 Å². The molecular formula is C16H24BrN3. The first-order valence-electron chi connectivity index (χ1n) is 7.70. The molecule has 1 aliphatic carbocycles. The number of halogens is 1.